The summed E-state index contributed by atoms with van der Waals surface area (Å²) in [6.45, 7) is 4.74. The van der Waals surface area contributed by atoms with E-state index in [1.54, 1.807) is 7.11 Å². The van der Waals surface area contributed by atoms with Crippen LogP contribution in [0.25, 0.3) is 0 Å². The van der Waals surface area contributed by atoms with Gasteiger partial charge < -0.3 is 0 Å². The molecule has 0 aliphatic rings. The molecule has 0 saturated heterocycles. The van der Waals surface area contributed by atoms with Gasteiger partial charge in [-0.05, 0) is 0 Å². The van der Waals surface area contributed by atoms with Crippen LogP contribution in [-0.4, -0.2) is 28.9 Å². The van der Waals surface area contributed by atoms with Gasteiger partial charge in [0.05, 0.1) is 0 Å². The fourth-order valence-electron chi connectivity index (χ4n) is 1.26. The van der Waals surface area contributed by atoms with Gasteiger partial charge in [-0.1, -0.05) is 0 Å². The first-order chi connectivity index (χ1) is 6.48. The fourth-order valence-corrected chi connectivity index (χ4v) is 3.84. The molecule has 0 N–H and O–H groups in total. The van der Waals surface area contributed by atoms with E-state index in [0.717, 1.165) is 5.75 Å². The van der Waals surface area contributed by atoms with Crippen LogP contribution >= 0.6 is 0 Å². The molecule has 2 heteroatoms. The van der Waals surface area contributed by atoms with E-state index in [2.05, 4.69) is 47.4 Å². The number of benzene rings is 1. The maximum absolute atomic E-state index is 5.16. The molecule has 0 amide bonds. The van der Waals surface area contributed by atoms with Gasteiger partial charge in [0.2, 0.25) is 0 Å². The summed E-state index contributed by atoms with van der Waals surface area (Å²) in [5, 5.41) is 0. The number of methoxy groups -OCH3 is 1. The Balaban J connectivity index is 2.97. The Labute approximate surface area is 95.2 Å². The van der Waals surface area contributed by atoms with Gasteiger partial charge in [0, 0.05) is 0 Å². The van der Waals surface area contributed by atoms with Crippen molar-refractivity contribution in [2.45, 2.75) is 26.2 Å². The van der Waals surface area contributed by atoms with Crippen LogP contribution in [-0.2, 0) is 3.12 Å². The quantitative estimate of drug-likeness (QED) is 0.723. The summed E-state index contributed by atoms with van der Waals surface area (Å²) in [6, 6.07) is 8.52. The number of hydrogen-bond acceptors (Lipinski definition) is 1. The molecule has 0 unspecified atom stereocenters. The minimum atomic E-state index is -1.28. The topological polar surface area (TPSA) is 9.23 Å². The zero-order valence-electron chi connectivity index (χ0n) is 9.66. The van der Waals surface area contributed by atoms with Crippen molar-refractivity contribution in [3.05, 3.63) is 29.8 Å². The SMILES string of the molecule is COc1ccc([C](C)(C)[Bi]([CH3])[CH3])cc1. The molecule has 0 heterocycles. The van der Waals surface area contributed by atoms with Crippen molar-refractivity contribution in [3.63, 3.8) is 0 Å². The second-order valence-electron chi connectivity index (χ2n) is 4.18. The molecule has 78 valence electrons. The predicted molar refractivity (Wildman–Crippen MR) is 63.5 cm³/mol. The van der Waals surface area contributed by atoms with Crippen LogP contribution in [0.2, 0.25) is 9.26 Å². The molecule has 14 heavy (non-hydrogen) atoms. The molecular weight excluding hydrogens is 369 g/mol. The zero-order chi connectivity index (χ0) is 10.8. The molecule has 0 saturated carbocycles. The average molecular weight is 388 g/mol. The molecule has 1 aromatic rings. The van der Waals surface area contributed by atoms with Gasteiger partial charge in [-0.15, -0.1) is 0 Å². The first kappa shape index (κ1) is 12.0. The van der Waals surface area contributed by atoms with Crippen molar-refractivity contribution in [1.82, 2.24) is 0 Å². The van der Waals surface area contributed by atoms with Gasteiger partial charge in [0.25, 0.3) is 0 Å². The molecule has 1 aromatic carbocycles. The molecule has 0 fully saturated rings. The van der Waals surface area contributed by atoms with Crippen LogP contribution in [0.1, 0.15) is 19.4 Å². The predicted octanol–water partition coefficient (Wildman–Crippen LogP) is 3.27. The third-order valence-electron chi connectivity index (χ3n) is 2.91. The summed E-state index contributed by atoms with van der Waals surface area (Å²) in [5.74, 6) is 0.947. The number of hydrogen-bond donors (Lipinski definition) is 0. The number of ether oxygens (including phenoxy) is 1. The van der Waals surface area contributed by atoms with E-state index in [-0.39, 0.29) is 0 Å². The Kier molecular flexibility index (Phi) is 3.95. The number of rotatable bonds is 3. The summed E-state index contributed by atoms with van der Waals surface area (Å²) in [5.41, 5.74) is 1.46. The van der Waals surface area contributed by atoms with E-state index in [1.807, 2.05) is 0 Å². The Morgan fingerprint density at radius 1 is 1.07 bits per heavy atom. The van der Waals surface area contributed by atoms with Gasteiger partial charge >= 0.3 is 95.4 Å². The van der Waals surface area contributed by atoms with Crippen molar-refractivity contribution in [2.75, 3.05) is 7.11 Å². The summed E-state index contributed by atoms with van der Waals surface area (Å²) in [6.07, 6.45) is 0. The van der Waals surface area contributed by atoms with Crippen molar-refractivity contribution < 1.29 is 4.74 Å². The van der Waals surface area contributed by atoms with Gasteiger partial charge in [-0.2, -0.15) is 0 Å². The van der Waals surface area contributed by atoms with Crippen LogP contribution in [0.5, 0.6) is 5.75 Å². The van der Waals surface area contributed by atoms with Crippen molar-refractivity contribution in [1.29, 1.82) is 0 Å². The minimum absolute atomic E-state index is 0.432. The molecule has 0 atom stereocenters. The van der Waals surface area contributed by atoms with Crippen LogP contribution in [0.15, 0.2) is 24.3 Å². The Bertz CT molecular complexity index is 288. The standard InChI is InChI=1S/C10H13O.2CH3.Bi/c1-8(2)9-4-6-10(11-3)7-5-9;;;/h4-7H,1-3H3;2*1H3;. The van der Waals surface area contributed by atoms with Crippen molar-refractivity contribution in [3.8, 4) is 5.75 Å². The van der Waals surface area contributed by atoms with Crippen molar-refractivity contribution in [2.24, 2.45) is 0 Å². The Hall–Kier alpha value is -0.0969. The van der Waals surface area contributed by atoms with Gasteiger partial charge in [0.1, 0.15) is 0 Å². The van der Waals surface area contributed by atoms with Crippen molar-refractivity contribution >= 4 is 21.8 Å². The van der Waals surface area contributed by atoms with E-state index in [4.69, 9.17) is 4.74 Å². The second kappa shape index (κ2) is 4.62. The third-order valence-corrected chi connectivity index (χ3v) is 12.6. The van der Waals surface area contributed by atoms with E-state index in [9.17, 15) is 0 Å². The normalized spacial score (nSPS) is 11.9. The first-order valence-corrected chi connectivity index (χ1v) is 13.5. The third kappa shape index (κ3) is 2.48. The second-order valence-corrected chi connectivity index (χ2v) is 15.5. The van der Waals surface area contributed by atoms with Crippen LogP contribution in [0, 0.1) is 0 Å². The van der Waals surface area contributed by atoms with E-state index in [0.29, 0.717) is 3.12 Å². The van der Waals surface area contributed by atoms with Gasteiger partial charge in [-0.25, -0.2) is 0 Å². The van der Waals surface area contributed by atoms with E-state index >= 15 is 0 Å². The zero-order valence-corrected chi connectivity index (χ0v) is 13.1. The molecule has 0 radical (unpaired) electrons. The summed E-state index contributed by atoms with van der Waals surface area (Å²) in [4.78, 5) is 0. The molecular formula is C12H19BiO. The summed E-state index contributed by atoms with van der Waals surface area (Å²) >= 11 is -1.28. The van der Waals surface area contributed by atoms with E-state index in [1.165, 1.54) is 5.56 Å². The van der Waals surface area contributed by atoms with E-state index < -0.39 is 21.8 Å². The Morgan fingerprint density at radius 2 is 1.57 bits per heavy atom. The van der Waals surface area contributed by atoms with Crippen LogP contribution in [0.3, 0.4) is 0 Å². The fraction of sp³-hybridized carbons (Fsp3) is 0.500. The van der Waals surface area contributed by atoms with Gasteiger partial charge in [0.15, 0.2) is 0 Å². The molecule has 0 bridgehead atoms. The molecule has 0 aromatic heterocycles. The maximum atomic E-state index is 5.16. The summed E-state index contributed by atoms with van der Waals surface area (Å²) in [7, 11) is 1.71. The summed E-state index contributed by atoms with van der Waals surface area (Å²) < 4.78 is 10.5. The Morgan fingerprint density at radius 3 is 1.93 bits per heavy atom. The molecule has 0 aliphatic heterocycles. The van der Waals surface area contributed by atoms with Gasteiger partial charge in [-0.3, -0.25) is 0 Å². The van der Waals surface area contributed by atoms with Crippen LogP contribution in [0.4, 0.5) is 0 Å². The molecule has 0 aliphatic carbocycles. The molecule has 0 spiro atoms. The molecule has 1 rings (SSSR count). The molecule has 1 nitrogen and oxygen atoms in total. The monoisotopic (exact) mass is 388 g/mol. The average Bonchev–Trinajstić information content (AvgIpc) is 2.17. The first-order valence-electron chi connectivity index (χ1n) is 4.80. The van der Waals surface area contributed by atoms with Crippen LogP contribution < -0.4 is 4.74 Å².